The smallest absolute Gasteiger partial charge is 0.410 e. The molecule has 0 saturated carbocycles. The molecule has 0 radical (unpaired) electrons. The van der Waals surface area contributed by atoms with Gasteiger partial charge in [0, 0.05) is 13.1 Å². The SMILES string of the molecule is CC1(CN)COC(=O)N1Cc1cccc(O)c1. The first-order chi connectivity index (χ1) is 8.05. The molecule has 1 atom stereocenters. The summed E-state index contributed by atoms with van der Waals surface area (Å²) >= 11 is 0. The largest absolute Gasteiger partial charge is 0.508 e. The second-order valence-electron chi connectivity index (χ2n) is 4.51. The number of phenolic OH excluding ortho intramolecular Hbond substituents is 1. The van der Waals surface area contributed by atoms with Crippen molar-refractivity contribution in [2.24, 2.45) is 5.73 Å². The van der Waals surface area contributed by atoms with Crippen molar-refractivity contribution in [3.05, 3.63) is 29.8 Å². The summed E-state index contributed by atoms with van der Waals surface area (Å²) in [4.78, 5) is 13.2. The van der Waals surface area contributed by atoms with Crippen LogP contribution in [0.2, 0.25) is 0 Å². The molecule has 1 aromatic rings. The van der Waals surface area contributed by atoms with E-state index in [4.69, 9.17) is 10.5 Å². The van der Waals surface area contributed by atoms with Gasteiger partial charge < -0.3 is 15.6 Å². The molecule has 1 aliphatic rings. The van der Waals surface area contributed by atoms with E-state index in [2.05, 4.69) is 0 Å². The van der Waals surface area contributed by atoms with E-state index in [1.165, 1.54) is 0 Å². The number of carbonyl (C=O) groups is 1. The molecule has 1 unspecified atom stereocenters. The van der Waals surface area contributed by atoms with Crippen LogP contribution in [0.5, 0.6) is 5.75 Å². The number of nitrogens with zero attached hydrogens (tertiary/aromatic N) is 1. The number of benzene rings is 1. The first-order valence-corrected chi connectivity index (χ1v) is 5.47. The first-order valence-electron chi connectivity index (χ1n) is 5.47. The maximum absolute atomic E-state index is 11.6. The van der Waals surface area contributed by atoms with Gasteiger partial charge in [-0.3, -0.25) is 4.90 Å². The van der Waals surface area contributed by atoms with Gasteiger partial charge in [0.15, 0.2) is 0 Å². The maximum Gasteiger partial charge on any atom is 0.410 e. The fraction of sp³-hybridized carbons (Fsp3) is 0.417. The second-order valence-corrected chi connectivity index (χ2v) is 4.51. The molecule has 0 bridgehead atoms. The second kappa shape index (κ2) is 4.25. The summed E-state index contributed by atoms with van der Waals surface area (Å²) in [6, 6.07) is 6.81. The monoisotopic (exact) mass is 236 g/mol. The van der Waals surface area contributed by atoms with E-state index in [1.54, 1.807) is 23.1 Å². The maximum atomic E-state index is 11.6. The molecular formula is C12H16N2O3. The molecule has 1 aromatic carbocycles. The summed E-state index contributed by atoms with van der Waals surface area (Å²) in [6.45, 7) is 2.93. The van der Waals surface area contributed by atoms with Gasteiger partial charge in [-0.05, 0) is 24.6 Å². The predicted octanol–water partition coefficient (Wildman–Crippen LogP) is 1.06. The number of aromatic hydroxyl groups is 1. The van der Waals surface area contributed by atoms with Gasteiger partial charge in [-0.1, -0.05) is 12.1 Å². The van der Waals surface area contributed by atoms with Crippen molar-refractivity contribution >= 4 is 6.09 Å². The van der Waals surface area contributed by atoms with Crippen molar-refractivity contribution in [2.45, 2.75) is 19.0 Å². The number of nitrogens with two attached hydrogens (primary N) is 1. The number of cyclic esters (lactones) is 1. The zero-order valence-corrected chi connectivity index (χ0v) is 9.72. The van der Waals surface area contributed by atoms with Gasteiger partial charge in [0.1, 0.15) is 12.4 Å². The molecule has 17 heavy (non-hydrogen) atoms. The van der Waals surface area contributed by atoms with Crippen LogP contribution >= 0.6 is 0 Å². The lowest BCUT2D eigenvalue weighted by atomic mass is 10.0. The van der Waals surface area contributed by atoms with Crippen molar-refractivity contribution in [1.82, 2.24) is 4.90 Å². The van der Waals surface area contributed by atoms with Gasteiger partial charge in [-0.25, -0.2) is 4.79 Å². The van der Waals surface area contributed by atoms with Crippen molar-refractivity contribution in [2.75, 3.05) is 13.2 Å². The number of carbonyl (C=O) groups excluding carboxylic acids is 1. The van der Waals surface area contributed by atoms with Gasteiger partial charge in [0.25, 0.3) is 0 Å². The minimum Gasteiger partial charge on any atom is -0.508 e. The highest BCUT2D eigenvalue weighted by Crippen LogP contribution is 2.26. The molecule has 0 spiro atoms. The van der Waals surface area contributed by atoms with E-state index in [0.29, 0.717) is 19.7 Å². The number of amides is 1. The molecule has 1 fully saturated rings. The summed E-state index contributed by atoms with van der Waals surface area (Å²) < 4.78 is 5.02. The Balaban J connectivity index is 2.19. The van der Waals surface area contributed by atoms with Crippen molar-refractivity contribution < 1.29 is 14.6 Å². The van der Waals surface area contributed by atoms with E-state index in [0.717, 1.165) is 5.56 Å². The standard InChI is InChI=1S/C12H16N2O3/c1-12(7-13)8-17-11(16)14(12)6-9-3-2-4-10(15)5-9/h2-5,15H,6-8,13H2,1H3. The zero-order chi connectivity index (χ0) is 12.5. The molecule has 2 rings (SSSR count). The number of hydrogen-bond donors (Lipinski definition) is 2. The van der Waals surface area contributed by atoms with Crippen LogP contribution < -0.4 is 5.73 Å². The third-order valence-corrected chi connectivity index (χ3v) is 3.07. The van der Waals surface area contributed by atoms with Crippen molar-refractivity contribution in [3.63, 3.8) is 0 Å². The molecule has 0 aromatic heterocycles. The molecule has 1 heterocycles. The van der Waals surface area contributed by atoms with E-state index in [-0.39, 0.29) is 11.8 Å². The summed E-state index contributed by atoms with van der Waals surface area (Å²) in [6.07, 6.45) is -0.360. The molecular weight excluding hydrogens is 220 g/mol. The lowest BCUT2D eigenvalue weighted by molar-refractivity contribution is 0.151. The summed E-state index contributed by atoms with van der Waals surface area (Å²) in [5.41, 5.74) is 6.06. The van der Waals surface area contributed by atoms with Crippen LogP contribution in [0.1, 0.15) is 12.5 Å². The molecule has 1 saturated heterocycles. The Labute approximate surface area is 99.8 Å². The molecule has 5 heteroatoms. The lowest BCUT2D eigenvalue weighted by Crippen LogP contribution is -2.49. The predicted molar refractivity (Wildman–Crippen MR) is 62.5 cm³/mol. The summed E-state index contributed by atoms with van der Waals surface area (Å²) in [7, 11) is 0. The van der Waals surface area contributed by atoms with Crippen LogP contribution in [0.25, 0.3) is 0 Å². The molecule has 92 valence electrons. The van der Waals surface area contributed by atoms with Crippen LogP contribution in [0.3, 0.4) is 0 Å². The Bertz CT molecular complexity index is 436. The van der Waals surface area contributed by atoms with Gasteiger partial charge >= 0.3 is 6.09 Å². The van der Waals surface area contributed by atoms with Crippen LogP contribution in [0.4, 0.5) is 4.79 Å². The van der Waals surface area contributed by atoms with Crippen molar-refractivity contribution in [3.8, 4) is 5.75 Å². The van der Waals surface area contributed by atoms with E-state index < -0.39 is 5.54 Å². The zero-order valence-electron chi connectivity index (χ0n) is 9.72. The van der Waals surface area contributed by atoms with Crippen LogP contribution in [-0.4, -0.2) is 34.8 Å². The highest BCUT2D eigenvalue weighted by atomic mass is 16.6. The highest BCUT2D eigenvalue weighted by molar-refractivity contribution is 5.71. The van der Waals surface area contributed by atoms with Crippen LogP contribution in [0, 0.1) is 0 Å². The van der Waals surface area contributed by atoms with E-state index in [9.17, 15) is 9.90 Å². The van der Waals surface area contributed by atoms with Crippen molar-refractivity contribution in [1.29, 1.82) is 0 Å². The fourth-order valence-electron chi connectivity index (χ4n) is 1.86. The molecule has 1 amide bonds. The quantitative estimate of drug-likeness (QED) is 0.822. The third kappa shape index (κ3) is 2.19. The van der Waals surface area contributed by atoms with Crippen LogP contribution in [0.15, 0.2) is 24.3 Å². The van der Waals surface area contributed by atoms with E-state index >= 15 is 0 Å². The van der Waals surface area contributed by atoms with E-state index in [1.807, 2.05) is 13.0 Å². The fourth-order valence-corrected chi connectivity index (χ4v) is 1.86. The molecule has 5 nitrogen and oxygen atoms in total. The highest BCUT2D eigenvalue weighted by Gasteiger charge is 2.42. The minimum atomic E-state index is -0.470. The molecule has 1 aliphatic heterocycles. The first kappa shape index (κ1) is 11.7. The average Bonchev–Trinajstić information content (AvgIpc) is 2.58. The Hall–Kier alpha value is -1.75. The van der Waals surface area contributed by atoms with Gasteiger partial charge in [0.2, 0.25) is 0 Å². The van der Waals surface area contributed by atoms with Gasteiger partial charge in [0.05, 0.1) is 5.54 Å². The Morgan fingerprint density at radius 3 is 3.00 bits per heavy atom. The molecule has 0 aliphatic carbocycles. The normalized spacial score (nSPS) is 23.9. The van der Waals surface area contributed by atoms with Gasteiger partial charge in [-0.2, -0.15) is 0 Å². The van der Waals surface area contributed by atoms with Gasteiger partial charge in [-0.15, -0.1) is 0 Å². The Morgan fingerprint density at radius 2 is 2.35 bits per heavy atom. The van der Waals surface area contributed by atoms with Crippen LogP contribution in [-0.2, 0) is 11.3 Å². The molecule has 3 N–H and O–H groups in total. The number of rotatable bonds is 3. The Morgan fingerprint density at radius 1 is 1.59 bits per heavy atom. The Kier molecular flexibility index (Phi) is 2.93. The average molecular weight is 236 g/mol. The summed E-state index contributed by atoms with van der Waals surface area (Å²) in [5.74, 6) is 0.185. The minimum absolute atomic E-state index is 0.185. The third-order valence-electron chi connectivity index (χ3n) is 3.07. The lowest BCUT2D eigenvalue weighted by Gasteiger charge is -2.30. The topological polar surface area (TPSA) is 75.8 Å². The summed E-state index contributed by atoms with van der Waals surface area (Å²) in [5, 5.41) is 9.38. The number of hydrogen-bond acceptors (Lipinski definition) is 4. The number of phenols is 1. The number of ether oxygens (including phenoxy) is 1.